The lowest BCUT2D eigenvalue weighted by molar-refractivity contribution is 0.935. The molecule has 1 aromatic carbocycles. The molecule has 0 aliphatic rings. The third-order valence-corrected chi connectivity index (χ3v) is 2.32. The molecule has 0 saturated heterocycles. The number of nitrogens with zero attached hydrogens (tertiary/aromatic N) is 3. The molecule has 1 N–H and O–H groups in total. The van der Waals surface area contributed by atoms with Gasteiger partial charge < -0.3 is 0 Å². The van der Waals surface area contributed by atoms with Crippen molar-refractivity contribution < 1.29 is 0 Å². The third-order valence-electron chi connectivity index (χ3n) is 1.77. The summed E-state index contributed by atoms with van der Waals surface area (Å²) in [5.41, 5.74) is 2.18. The first-order valence-electron chi connectivity index (χ1n) is 3.88. The van der Waals surface area contributed by atoms with Gasteiger partial charge in [0.15, 0.2) is 4.60 Å². The van der Waals surface area contributed by atoms with E-state index in [4.69, 9.17) is 5.26 Å². The van der Waals surface area contributed by atoms with Crippen LogP contribution in [-0.2, 0) is 0 Å². The lowest BCUT2D eigenvalue weighted by Crippen LogP contribution is -1.81. The number of nitrogens with one attached hydrogen (secondary N) is 1. The fraction of sp³-hybridized carbons (Fsp3) is 0. The van der Waals surface area contributed by atoms with Crippen LogP contribution in [0.5, 0.6) is 0 Å². The van der Waals surface area contributed by atoms with Crippen molar-refractivity contribution >= 4 is 15.9 Å². The summed E-state index contributed by atoms with van der Waals surface area (Å²) >= 11 is 3.26. The zero-order valence-corrected chi connectivity index (χ0v) is 8.62. The molecule has 1 heterocycles. The highest BCUT2D eigenvalue weighted by Gasteiger charge is 2.07. The Morgan fingerprint density at radius 1 is 1.36 bits per heavy atom. The maximum atomic E-state index is 8.72. The van der Waals surface area contributed by atoms with E-state index in [2.05, 4.69) is 37.4 Å². The van der Waals surface area contributed by atoms with Crippen LogP contribution < -0.4 is 0 Å². The Labute approximate surface area is 88.7 Å². The topological polar surface area (TPSA) is 65.4 Å². The molecule has 0 saturated carbocycles. The summed E-state index contributed by atoms with van der Waals surface area (Å²) in [5.74, 6) is 0. The predicted molar refractivity (Wildman–Crippen MR) is 54.2 cm³/mol. The number of hydrogen-bond acceptors (Lipinski definition) is 3. The minimum absolute atomic E-state index is 0.609. The first-order valence-corrected chi connectivity index (χ1v) is 4.67. The fourth-order valence-electron chi connectivity index (χ4n) is 1.14. The van der Waals surface area contributed by atoms with Gasteiger partial charge in [-0.15, -0.1) is 5.10 Å². The lowest BCUT2D eigenvalue weighted by Gasteiger charge is -1.96. The predicted octanol–water partition coefficient (Wildman–Crippen LogP) is 2.11. The smallest absolute Gasteiger partial charge is 0.156 e. The Balaban J connectivity index is 2.53. The van der Waals surface area contributed by atoms with Crippen LogP contribution in [0.15, 0.2) is 28.9 Å². The lowest BCUT2D eigenvalue weighted by atomic mass is 10.1. The highest BCUT2D eigenvalue weighted by Crippen LogP contribution is 2.23. The zero-order valence-electron chi connectivity index (χ0n) is 7.03. The van der Waals surface area contributed by atoms with Crippen molar-refractivity contribution in [2.45, 2.75) is 0 Å². The van der Waals surface area contributed by atoms with Crippen LogP contribution in [0.25, 0.3) is 11.3 Å². The third kappa shape index (κ3) is 1.52. The molecule has 68 valence electrons. The van der Waals surface area contributed by atoms with E-state index in [9.17, 15) is 0 Å². The van der Waals surface area contributed by atoms with E-state index in [0.29, 0.717) is 15.9 Å². The molecule has 4 nitrogen and oxygen atoms in total. The number of benzene rings is 1. The molecular formula is C9H5BrN4. The number of rotatable bonds is 1. The van der Waals surface area contributed by atoms with E-state index in [0.717, 1.165) is 5.56 Å². The molecule has 0 fully saturated rings. The zero-order chi connectivity index (χ0) is 9.97. The quantitative estimate of drug-likeness (QED) is 0.841. The summed E-state index contributed by atoms with van der Waals surface area (Å²) in [5, 5.41) is 19.0. The fourth-order valence-corrected chi connectivity index (χ4v) is 1.53. The first-order chi connectivity index (χ1) is 6.81. The van der Waals surface area contributed by atoms with E-state index in [-0.39, 0.29) is 0 Å². The van der Waals surface area contributed by atoms with Crippen LogP contribution in [0.3, 0.4) is 0 Å². The number of H-pyrrole nitrogens is 1. The van der Waals surface area contributed by atoms with E-state index in [1.54, 1.807) is 12.1 Å². The van der Waals surface area contributed by atoms with Crippen molar-refractivity contribution in [3.63, 3.8) is 0 Å². The molecule has 1 aromatic heterocycles. The molecule has 2 aromatic rings. The summed E-state index contributed by atoms with van der Waals surface area (Å²) in [6.45, 7) is 0. The minimum Gasteiger partial charge on any atom is -0.196 e. The van der Waals surface area contributed by atoms with Crippen LogP contribution in [0.4, 0.5) is 0 Å². The van der Waals surface area contributed by atoms with Gasteiger partial charge in [0, 0.05) is 5.56 Å². The maximum Gasteiger partial charge on any atom is 0.156 e. The molecule has 2 rings (SSSR count). The van der Waals surface area contributed by atoms with Crippen molar-refractivity contribution in [2.75, 3.05) is 0 Å². The second kappa shape index (κ2) is 3.60. The highest BCUT2D eigenvalue weighted by atomic mass is 79.9. The van der Waals surface area contributed by atoms with Gasteiger partial charge in [0.25, 0.3) is 0 Å². The molecule has 14 heavy (non-hydrogen) atoms. The molecule has 0 spiro atoms. The second-order valence-electron chi connectivity index (χ2n) is 2.66. The largest absolute Gasteiger partial charge is 0.196 e. The summed E-state index contributed by atoms with van der Waals surface area (Å²) in [4.78, 5) is 0. The molecule has 0 unspecified atom stereocenters. The van der Waals surface area contributed by atoms with Gasteiger partial charge in [0.2, 0.25) is 0 Å². The average Bonchev–Trinajstić information content (AvgIpc) is 2.65. The number of halogens is 1. The van der Waals surface area contributed by atoms with E-state index in [1.165, 1.54) is 0 Å². The van der Waals surface area contributed by atoms with Crippen LogP contribution in [0.2, 0.25) is 0 Å². The first kappa shape index (κ1) is 8.91. The number of aromatic amines is 1. The number of aromatic nitrogens is 3. The Hall–Kier alpha value is -1.67. The molecular weight excluding hydrogens is 244 g/mol. The minimum atomic E-state index is 0.609. The van der Waals surface area contributed by atoms with Crippen molar-refractivity contribution in [1.82, 2.24) is 15.4 Å². The average molecular weight is 249 g/mol. The van der Waals surface area contributed by atoms with Crippen LogP contribution in [0, 0.1) is 11.3 Å². The van der Waals surface area contributed by atoms with Gasteiger partial charge >= 0.3 is 0 Å². The SMILES string of the molecule is N#Cc1cccc(-c2n[nH]nc2Br)c1. The Morgan fingerprint density at radius 2 is 2.21 bits per heavy atom. The van der Waals surface area contributed by atoms with Crippen LogP contribution >= 0.6 is 15.9 Å². The normalized spacial score (nSPS) is 9.71. The van der Waals surface area contributed by atoms with Crippen molar-refractivity contribution in [1.29, 1.82) is 5.26 Å². The van der Waals surface area contributed by atoms with Gasteiger partial charge in [-0.1, -0.05) is 12.1 Å². The Kier molecular flexibility index (Phi) is 2.29. The van der Waals surface area contributed by atoms with Crippen molar-refractivity contribution in [3.05, 3.63) is 34.4 Å². The van der Waals surface area contributed by atoms with Crippen LogP contribution in [-0.4, -0.2) is 15.4 Å². The summed E-state index contributed by atoms with van der Waals surface area (Å²) in [6.07, 6.45) is 0. The molecule has 0 bridgehead atoms. The Bertz CT molecular complexity index is 498. The molecule has 0 atom stereocenters. The van der Waals surface area contributed by atoms with Crippen molar-refractivity contribution in [2.24, 2.45) is 0 Å². The van der Waals surface area contributed by atoms with Gasteiger partial charge in [0.05, 0.1) is 11.6 Å². The highest BCUT2D eigenvalue weighted by molar-refractivity contribution is 9.10. The van der Waals surface area contributed by atoms with Crippen molar-refractivity contribution in [3.8, 4) is 17.3 Å². The second-order valence-corrected chi connectivity index (χ2v) is 3.41. The summed E-state index contributed by atoms with van der Waals surface area (Å²) < 4.78 is 0.646. The number of hydrogen-bond donors (Lipinski definition) is 1. The standard InChI is InChI=1S/C9H5BrN4/c10-9-8(12-14-13-9)7-3-1-2-6(4-7)5-11/h1-4H,(H,12,13,14). The van der Waals surface area contributed by atoms with Gasteiger partial charge in [-0.25, -0.2) is 0 Å². The van der Waals surface area contributed by atoms with E-state index >= 15 is 0 Å². The van der Waals surface area contributed by atoms with E-state index < -0.39 is 0 Å². The molecule has 0 aliphatic heterocycles. The van der Waals surface area contributed by atoms with Gasteiger partial charge in [0.1, 0.15) is 5.69 Å². The van der Waals surface area contributed by atoms with Crippen LogP contribution in [0.1, 0.15) is 5.56 Å². The number of nitriles is 1. The summed E-state index contributed by atoms with van der Waals surface area (Å²) in [6, 6.07) is 9.28. The Morgan fingerprint density at radius 3 is 2.86 bits per heavy atom. The monoisotopic (exact) mass is 248 g/mol. The molecule has 5 heteroatoms. The summed E-state index contributed by atoms with van der Waals surface area (Å²) in [7, 11) is 0. The maximum absolute atomic E-state index is 8.72. The molecule has 0 aliphatic carbocycles. The van der Waals surface area contributed by atoms with Gasteiger partial charge in [-0.2, -0.15) is 15.6 Å². The molecule has 0 radical (unpaired) electrons. The van der Waals surface area contributed by atoms with Gasteiger partial charge in [-0.3, -0.25) is 0 Å². The van der Waals surface area contributed by atoms with Gasteiger partial charge in [-0.05, 0) is 28.1 Å². The molecule has 0 amide bonds. The van der Waals surface area contributed by atoms with E-state index in [1.807, 2.05) is 12.1 Å².